The molecule has 0 bridgehead atoms. The molecule has 5 nitrogen and oxygen atoms in total. The number of benzene rings is 2. The zero-order chi connectivity index (χ0) is 18.7. The number of halogens is 1. The van der Waals surface area contributed by atoms with E-state index in [4.69, 9.17) is 4.74 Å². The number of carbonyl (C=O) groups is 2. The van der Waals surface area contributed by atoms with Gasteiger partial charge in [0.1, 0.15) is 5.82 Å². The van der Waals surface area contributed by atoms with Gasteiger partial charge in [-0.15, -0.1) is 0 Å². The molecule has 2 atom stereocenters. The van der Waals surface area contributed by atoms with Crippen molar-refractivity contribution < 1.29 is 18.7 Å². The Balaban J connectivity index is 1.60. The van der Waals surface area contributed by atoms with Crippen LogP contribution in [0.1, 0.15) is 30.4 Å². The number of carbonyl (C=O) groups excluding carboxylic acids is 2. The van der Waals surface area contributed by atoms with Crippen LogP contribution >= 0.6 is 0 Å². The fourth-order valence-electron chi connectivity index (χ4n) is 2.95. The van der Waals surface area contributed by atoms with Gasteiger partial charge in [0, 0.05) is 11.4 Å². The first kappa shape index (κ1) is 17.9. The molecule has 1 aliphatic carbocycles. The van der Waals surface area contributed by atoms with E-state index in [1.54, 1.807) is 6.92 Å². The van der Waals surface area contributed by atoms with E-state index in [1.807, 2.05) is 25.1 Å². The van der Waals surface area contributed by atoms with E-state index in [1.165, 1.54) is 24.3 Å². The Labute approximate surface area is 151 Å². The standard InChI is InChI=1S/C20H21FN2O3/c1-3-26-19(24)17-11-16(17)13-4-9-18(12(2)10-13)23-20(25)22-15-7-5-14(21)6-8-15/h4-10,16-17H,3,11H2,1-2H3,(H2,22,23,25). The monoisotopic (exact) mass is 356 g/mol. The molecule has 0 aliphatic heterocycles. The molecule has 0 spiro atoms. The van der Waals surface area contributed by atoms with Crippen LogP contribution in [0.5, 0.6) is 0 Å². The SMILES string of the molecule is CCOC(=O)C1CC1c1ccc(NC(=O)Nc2ccc(F)cc2)c(C)c1. The summed E-state index contributed by atoms with van der Waals surface area (Å²) in [6.45, 7) is 4.10. The van der Waals surface area contributed by atoms with Crippen LogP contribution in [-0.2, 0) is 9.53 Å². The average molecular weight is 356 g/mol. The summed E-state index contributed by atoms with van der Waals surface area (Å²) in [6.07, 6.45) is 0.802. The van der Waals surface area contributed by atoms with Crippen molar-refractivity contribution in [2.24, 2.45) is 5.92 Å². The maximum absolute atomic E-state index is 12.9. The van der Waals surface area contributed by atoms with E-state index in [-0.39, 0.29) is 23.6 Å². The maximum Gasteiger partial charge on any atom is 0.323 e. The Morgan fingerprint density at radius 3 is 2.54 bits per heavy atom. The third-order valence-corrected chi connectivity index (χ3v) is 4.41. The van der Waals surface area contributed by atoms with Gasteiger partial charge in [-0.3, -0.25) is 4.79 Å². The van der Waals surface area contributed by atoms with Crippen LogP contribution in [-0.4, -0.2) is 18.6 Å². The minimum Gasteiger partial charge on any atom is -0.466 e. The lowest BCUT2D eigenvalue weighted by Crippen LogP contribution is -2.20. The number of hydrogen-bond donors (Lipinski definition) is 2. The Kier molecular flexibility index (Phi) is 5.21. The maximum atomic E-state index is 12.9. The van der Waals surface area contributed by atoms with E-state index in [2.05, 4.69) is 10.6 Å². The summed E-state index contributed by atoms with van der Waals surface area (Å²) in [6, 6.07) is 10.9. The second-order valence-electron chi connectivity index (χ2n) is 6.36. The van der Waals surface area contributed by atoms with Gasteiger partial charge in [0.05, 0.1) is 12.5 Å². The normalized spacial score (nSPS) is 18.1. The zero-order valence-electron chi connectivity index (χ0n) is 14.7. The van der Waals surface area contributed by atoms with Crippen molar-refractivity contribution in [1.82, 2.24) is 0 Å². The predicted molar refractivity (Wildman–Crippen MR) is 97.7 cm³/mol. The molecule has 2 aromatic carbocycles. The summed E-state index contributed by atoms with van der Waals surface area (Å²) in [5, 5.41) is 5.43. The molecule has 0 aromatic heterocycles. The second kappa shape index (κ2) is 7.56. The van der Waals surface area contributed by atoms with Crippen molar-refractivity contribution in [1.29, 1.82) is 0 Å². The highest BCUT2D eigenvalue weighted by Gasteiger charge is 2.45. The van der Waals surface area contributed by atoms with Crippen molar-refractivity contribution in [2.45, 2.75) is 26.2 Å². The molecule has 0 saturated heterocycles. The number of amides is 2. The molecule has 0 heterocycles. The summed E-state index contributed by atoms with van der Waals surface area (Å²) in [4.78, 5) is 23.9. The van der Waals surface area contributed by atoms with Gasteiger partial charge in [0.2, 0.25) is 0 Å². The molecule has 26 heavy (non-hydrogen) atoms. The van der Waals surface area contributed by atoms with Crippen LogP contribution in [0.2, 0.25) is 0 Å². The summed E-state index contributed by atoms with van der Waals surface area (Å²) in [5.74, 6) is -0.371. The van der Waals surface area contributed by atoms with Crippen LogP contribution in [0.3, 0.4) is 0 Å². The Bertz CT molecular complexity index is 820. The van der Waals surface area contributed by atoms with Crippen molar-refractivity contribution >= 4 is 23.4 Å². The van der Waals surface area contributed by atoms with Gasteiger partial charge in [0.15, 0.2) is 0 Å². The minimum absolute atomic E-state index is 0.0602. The van der Waals surface area contributed by atoms with E-state index in [0.717, 1.165) is 17.5 Å². The van der Waals surface area contributed by atoms with E-state index < -0.39 is 6.03 Å². The number of hydrogen-bond acceptors (Lipinski definition) is 3. The van der Waals surface area contributed by atoms with Gasteiger partial charge >= 0.3 is 12.0 Å². The van der Waals surface area contributed by atoms with Crippen LogP contribution in [0.15, 0.2) is 42.5 Å². The van der Waals surface area contributed by atoms with Gasteiger partial charge < -0.3 is 15.4 Å². The Morgan fingerprint density at radius 1 is 1.15 bits per heavy atom. The molecular weight excluding hydrogens is 335 g/mol. The van der Waals surface area contributed by atoms with E-state index in [0.29, 0.717) is 18.0 Å². The topological polar surface area (TPSA) is 67.4 Å². The summed E-state index contributed by atoms with van der Waals surface area (Å²) in [7, 11) is 0. The summed E-state index contributed by atoms with van der Waals surface area (Å²) < 4.78 is 18.0. The molecule has 2 unspecified atom stereocenters. The fraction of sp³-hybridized carbons (Fsp3) is 0.300. The number of nitrogens with one attached hydrogen (secondary N) is 2. The smallest absolute Gasteiger partial charge is 0.323 e. The van der Waals surface area contributed by atoms with Gasteiger partial charge in [-0.25, -0.2) is 9.18 Å². The molecule has 6 heteroatoms. The minimum atomic E-state index is -0.400. The highest BCUT2D eigenvalue weighted by atomic mass is 19.1. The molecule has 2 N–H and O–H groups in total. The first-order valence-electron chi connectivity index (χ1n) is 8.58. The third-order valence-electron chi connectivity index (χ3n) is 4.41. The number of urea groups is 1. The number of rotatable bonds is 5. The molecule has 0 radical (unpaired) electrons. The Hall–Kier alpha value is -2.89. The van der Waals surface area contributed by atoms with E-state index >= 15 is 0 Å². The number of ether oxygens (including phenoxy) is 1. The predicted octanol–water partition coefficient (Wildman–Crippen LogP) is 4.44. The molecule has 1 fully saturated rings. The van der Waals surface area contributed by atoms with E-state index in [9.17, 15) is 14.0 Å². The van der Waals surface area contributed by atoms with Gasteiger partial charge in [-0.1, -0.05) is 12.1 Å². The average Bonchev–Trinajstić information content (AvgIpc) is 3.40. The van der Waals surface area contributed by atoms with Crippen molar-refractivity contribution in [3.05, 3.63) is 59.4 Å². The second-order valence-corrected chi connectivity index (χ2v) is 6.36. The van der Waals surface area contributed by atoms with Gasteiger partial charge in [-0.05, 0) is 67.6 Å². The quantitative estimate of drug-likeness (QED) is 0.778. The van der Waals surface area contributed by atoms with Crippen molar-refractivity contribution in [2.75, 3.05) is 17.2 Å². The summed E-state index contributed by atoms with van der Waals surface area (Å²) >= 11 is 0. The lowest BCUT2D eigenvalue weighted by atomic mass is 10.0. The third kappa shape index (κ3) is 4.20. The van der Waals surface area contributed by atoms with Crippen LogP contribution in [0.25, 0.3) is 0 Å². The molecule has 136 valence electrons. The van der Waals surface area contributed by atoms with Gasteiger partial charge in [0.25, 0.3) is 0 Å². The number of esters is 1. The van der Waals surface area contributed by atoms with Gasteiger partial charge in [-0.2, -0.15) is 0 Å². The molecular formula is C20H21FN2O3. The highest BCUT2D eigenvalue weighted by molar-refractivity contribution is 6.00. The molecule has 2 aromatic rings. The lowest BCUT2D eigenvalue weighted by Gasteiger charge is -2.11. The number of aryl methyl sites for hydroxylation is 1. The van der Waals surface area contributed by atoms with Crippen LogP contribution < -0.4 is 10.6 Å². The first-order valence-corrected chi connectivity index (χ1v) is 8.58. The largest absolute Gasteiger partial charge is 0.466 e. The Morgan fingerprint density at radius 2 is 1.88 bits per heavy atom. The molecule has 2 amide bonds. The zero-order valence-corrected chi connectivity index (χ0v) is 14.7. The molecule has 3 rings (SSSR count). The van der Waals surface area contributed by atoms with Crippen LogP contribution in [0.4, 0.5) is 20.6 Å². The molecule has 1 aliphatic rings. The van der Waals surface area contributed by atoms with Crippen molar-refractivity contribution in [3.8, 4) is 0 Å². The summed E-state index contributed by atoms with van der Waals surface area (Å²) in [5.41, 5.74) is 3.17. The van der Waals surface area contributed by atoms with Crippen LogP contribution in [0, 0.1) is 18.7 Å². The van der Waals surface area contributed by atoms with Crippen molar-refractivity contribution in [3.63, 3.8) is 0 Å². The fourth-order valence-corrected chi connectivity index (χ4v) is 2.95. The number of anilines is 2. The highest BCUT2D eigenvalue weighted by Crippen LogP contribution is 2.48. The first-order chi connectivity index (χ1) is 12.5. The molecule has 1 saturated carbocycles. The lowest BCUT2D eigenvalue weighted by molar-refractivity contribution is -0.144.